The number of hydrogen-bond acceptors (Lipinski definition) is 5. The molecule has 3 aromatic carbocycles. The van der Waals surface area contributed by atoms with Crippen molar-refractivity contribution in [2.75, 3.05) is 30.3 Å². The van der Waals surface area contributed by atoms with E-state index in [0.717, 1.165) is 38.2 Å². The van der Waals surface area contributed by atoms with Crippen molar-refractivity contribution in [2.24, 2.45) is 0 Å². The van der Waals surface area contributed by atoms with E-state index in [2.05, 4.69) is 49.2 Å². The molecule has 1 saturated heterocycles. The molecule has 48 heavy (non-hydrogen) atoms. The van der Waals surface area contributed by atoms with E-state index >= 15 is 0 Å². The molecule has 0 spiro atoms. The number of benzene rings is 3. The lowest BCUT2D eigenvalue weighted by Crippen LogP contribution is -2.37. The topological polar surface area (TPSA) is 117 Å². The summed E-state index contributed by atoms with van der Waals surface area (Å²) in [5.41, 5.74) is 4.21. The molecule has 0 radical (unpaired) electrons. The lowest BCUT2D eigenvalue weighted by molar-refractivity contribution is 0.0952. The molecule has 0 aliphatic carbocycles. The van der Waals surface area contributed by atoms with Crippen LogP contribution in [0.3, 0.4) is 0 Å². The van der Waals surface area contributed by atoms with E-state index in [-0.39, 0.29) is 29.5 Å². The van der Waals surface area contributed by atoms with Gasteiger partial charge in [-0.3, -0.25) is 14.5 Å². The van der Waals surface area contributed by atoms with Crippen LogP contribution in [-0.2, 0) is 6.54 Å². The van der Waals surface area contributed by atoms with Crippen molar-refractivity contribution in [3.8, 4) is 17.2 Å². The van der Waals surface area contributed by atoms with Gasteiger partial charge in [0.1, 0.15) is 11.5 Å². The minimum atomic E-state index is -0.328. The molecule has 0 saturated carbocycles. The predicted octanol–water partition coefficient (Wildman–Crippen LogP) is 7.57. The molecule has 1 fully saturated rings. The Balaban J connectivity index is 1.19. The first kappa shape index (κ1) is 34.3. The maximum absolute atomic E-state index is 13.0. The molecule has 252 valence electrons. The molecule has 0 unspecified atom stereocenters. The van der Waals surface area contributed by atoms with Gasteiger partial charge in [0.05, 0.1) is 5.56 Å². The molecule has 0 atom stereocenters. The van der Waals surface area contributed by atoms with Gasteiger partial charge in [0.2, 0.25) is 0 Å². The van der Waals surface area contributed by atoms with Crippen molar-refractivity contribution in [3.63, 3.8) is 0 Å². The van der Waals surface area contributed by atoms with E-state index in [1.807, 2.05) is 45.0 Å². The molecular weight excluding hydrogens is 604 g/mol. The van der Waals surface area contributed by atoms with E-state index < -0.39 is 0 Å². The Labute approximate surface area is 282 Å². The highest BCUT2D eigenvalue weighted by Crippen LogP contribution is 2.29. The summed E-state index contributed by atoms with van der Waals surface area (Å²) in [6.45, 7) is 9.60. The molecule has 1 aliphatic heterocycles. The fourth-order valence-electron chi connectivity index (χ4n) is 5.77. The van der Waals surface area contributed by atoms with Crippen LogP contribution in [0.15, 0.2) is 85.2 Å². The Morgan fingerprint density at radius 1 is 0.792 bits per heavy atom. The van der Waals surface area contributed by atoms with Crippen LogP contribution in [0.4, 0.5) is 16.2 Å². The van der Waals surface area contributed by atoms with E-state index in [0.29, 0.717) is 35.0 Å². The number of carbonyl (C=O) groups is 3. The van der Waals surface area contributed by atoms with E-state index in [4.69, 9.17) is 4.74 Å². The van der Waals surface area contributed by atoms with Crippen LogP contribution in [-0.4, -0.2) is 53.0 Å². The summed E-state index contributed by atoms with van der Waals surface area (Å²) in [4.78, 5) is 40.9. The zero-order valence-corrected chi connectivity index (χ0v) is 28.1. The molecule has 4 amide bonds. The first-order valence-electron chi connectivity index (χ1n) is 16.9. The SMILES string of the molecule is CCNC(=O)c1cc(NC(=O)NC(CC)CC)ccc1Oc1ccc(NC(=O)c2ccc(-n3ccc(CN4CCCCC4)c3)cc2)cc1. The molecule has 0 bridgehead atoms. The number of amides is 4. The van der Waals surface area contributed by atoms with Crippen LogP contribution in [0.25, 0.3) is 5.69 Å². The minimum Gasteiger partial charge on any atom is -0.457 e. The maximum Gasteiger partial charge on any atom is 0.319 e. The minimum absolute atomic E-state index is 0.0710. The fraction of sp³-hybridized carbons (Fsp3) is 0.342. The van der Waals surface area contributed by atoms with Crippen molar-refractivity contribution >= 4 is 29.2 Å². The van der Waals surface area contributed by atoms with Crippen LogP contribution in [0, 0.1) is 0 Å². The molecule has 10 heteroatoms. The lowest BCUT2D eigenvalue weighted by atomic mass is 10.1. The number of hydrogen-bond donors (Lipinski definition) is 4. The Bertz CT molecular complexity index is 1670. The zero-order valence-electron chi connectivity index (χ0n) is 28.1. The number of carbonyl (C=O) groups excluding carboxylic acids is 3. The number of nitrogens with one attached hydrogen (secondary N) is 4. The van der Waals surface area contributed by atoms with Gasteiger partial charge in [0.15, 0.2) is 0 Å². The molecule has 2 heterocycles. The number of aromatic nitrogens is 1. The molecule has 4 N–H and O–H groups in total. The van der Waals surface area contributed by atoms with Crippen LogP contribution in [0.5, 0.6) is 11.5 Å². The van der Waals surface area contributed by atoms with Gasteiger partial charge in [-0.2, -0.15) is 0 Å². The average molecular weight is 651 g/mol. The highest BCUT2D eigenvalue weighted by atomic mass is 16.5. The van der Waals surface area contributed by atoms with Crippen LogP contribution in [0.2, 0.25) is 0 Å². The monoisotopic (exact) mass is 650 g/mol. The lowest BCUT2D eigenvalue weighted by Gasteiger charge is -2.25. The van der Waals surface area contributed by atoms with Gasteiger partial charge < -0.3 is 30.6 Å². The largest absolute Gasteiger partial charge is 0.457 e. The molecular formula is C38H46N6O4. The van der Waals surface area contributed by atoms with Crippen molar-refractivity contribution in [2.45, 2.75) is 65.5 Å². The van der Waals surface area contributed by atoms with Crippen molar-refractivity contribution in [3.05, 3.63) is 102 Å². The van der Waals surface area contributed by atoms with E-state index in [1.54, 1.807) is 42.5 Å². The van der Waals surface area contributed by atoms with Crippen LogP contribution >= 0.6 is 0 Å². The van der Waals surface area contributed by atoms with Crippen molar-refractivity contribution in [1.29, 1.82) is 0 Å². The standard InChI is InChI=1S/C38H46N6O4/c1-4-29(5-2)41-38(47)42-31-14-19-35(34(24-31)37(46)39-6-3)48-33-17-12-30(13-18-33)40-36(45)28-10-15-32(16-11-28)44-23-20-27(26-44)25-43-21-8-7-9-22-43/h10-20,23-24,26,29H,4-9,21-22,25H2,1-3H3,(H,39,46)(H,40,45)(H2,41,42,47). The quantitative estimate of drug-likeness (QED) is 0.119. The van der Waals surface area contributed by atoms with Gasteiger partial charge in [-0.25, -0.2) is 4.79 Å². The third-order valence-corrected chi connectivity index (χ3v) is 8.52. The van der Waals surface area contributed by atoms with Gasteiger partial charge in [-0.1, -0.05) is 20.3 Å². The number of piperidine rings is 1. The van der Waals surface area contributed by atoms with Gasteiger partial charge in [-0.15, -0.1) is 0 Å². The number of anilines is 2. The normalized spacial score (nSPS) is 13.2. The zero-order chi connectivity index (χ0) is 33.9. The number of rotatable bonds is 13. The van der Waals surface area contributed by atoms with Gasteiger partial charge >= 0.3 is 6.03 Å². The second kappa shape index (κ2) is 16.6. The molecule has 1 aliphatic rings. The summed E-state index contributed by atoms with van der Waals surface area (Å²) in [7, 11) is 0. The second-order valence-corrected chi connectivity index (χ2v) is 12.1. The van der Waals surface area contributed by atoms with Crippen molar-refractivity contribution in [1.82, 2.24) is 20.1 Å². The Morgan fingerprint density at radius 3 is 2.19 bits per heavy atom. The van der Waals surface area contributed by atoms with Gasteiger partial charge in [0, 0.05) is 54.2 Å². The summed E-state index contributed by atoms with van der Waals surface area (Å²) in [5.74, 6) is 0.288. The first-order valence-corrected chi connectivity index (χ1v) is 16.9. The average Bonchev–Trinajstić information content (AvgIpc) is 3.57. The summed E-state index contributed by atoms with van der Waals surface area (Å²) < 4.78 is 8.16. The number of nitrogens with zero attached hydrogens (tertiary/aromatic N) is 2. The molecule has 4 aromatic rings. The van der Waals surface area contributed by atoms with Gasteiger partial charge in [0.25, 0.3) is 11.8 Å². The summed E-state index contributed by atoms with van der Waals surface area (Å²) in [5, 5.41) is 11.5. The van der Waals surface area contributed by atoms with Crippen molar-refractivity contribution < 1.29 is 19.1 Å². The summed E-state index contributed by atoms with van der Waals surface area (Å²) >= 11 is 0. The third kappa shape index (κ3) is 9.25. The summed E-state index contributed by atoms with van der Waals surface area (Å²) in [6, 6.07) is 21.3. The maximum atomic E-state index is 13.0. The predicted molar refractivity (Wildman–Crippen MR) is 190 cm³/mol. The third-order valence-electron chi connectivity index (χ3n) is 8.52. The first-order chi connectivity index (χ1) is 23.3. The summed E-state index contributed by atoms with van der Waals surface area (Å²) in [6.07, 6.45) is 9.75. The molecule has 10 nitrogen and oxygen atoms in total. The highest BCUT2D eigenvalue weighted by molar-refractivity contribution is 6.04. The number of ether oxygens (including phenoxy) is 1. The fourth-order valence-corrected chi connectivity index (χ4v) is 5.77. The van der Waals surface area contributed by atoms with E-state index in [9.17, 15) is 14.4 Å². The Hall–Kier alpha value is -5.09. The number of likely N-dealkylation sites (tertiary alicyclic amines) is 1. The number of urea groups is 1. The Kier molecular flexibility index (Phi) is 11.9. The smallest absolute Gasteiger partial charge is 0.319 e. The second-order valence-electron chi connectivity index (χ2n) is 12.1. The van der Waals surface area contributed by atoms with E-state index in [1.165, 1.54) is 24.8 Å². The molecule has 5 rings (SSSR count). The molecule has 1 aromatic heterocycles. The van der Waals surface area contributed by atoms with Gasteiger partial charge in [-0.05, 0) is 124 Å². The highest BCUT2D eigenvalue weighted by Gasteiger charge is 2.17. The van der Waals surface area contributed by atoms with Crippen LogP contribution in [0.1, 0.15) is 79.2 Å². The Morgan fingerprint density at radius 2 is 1.50 bits per heavy atom. The van der Waals surface area contributed by atoms with Crippen LogP contribution < -0.4 is 26.0 Å².